The number of carbonyl (C=O) groups is 1. The smallest absolute Gasteiger partial charge is 0.310 e. The maximum absolute atomic E-state index is 11.8. The summed E-state index contributed by atoms with van der Waals surface area (Å²) in [7, 11) is 3.38. The first kappa shape index (κ1) is 15.7. The van der Waals surface area contributed by atoms with E-state index in [-0.39, 0.29) is 12.2 Å². The van der Waals surface area contributed by atoms with Gasteiger partial charge in [0.15, 0.2) is 0 Å². The summed E-state index contributed by atoms with van der Waals surface area (Å²) in [6, 6.07) is 0. The minimum Gasteiger partial charge on any atom is -0.481 e. The molecule has 0 aromatic heterocycles. The molecular formula is C15H27NO4. The summed E-state index contributed by atoms with van der Waals surface area (Å²) in [6.45, 7) is 4.31. The van der Waals surface area contributed by atoms with E-state index >= 15 is 0 Å². The number of hydrogen-bond acceptors (Lipinski definition) is 4. The van der Waals surface area contributed by atoms with Crippen molar-refractivity contribution in [3.8, 4) is 0 Å². The van der Waals surface area contributed by atoms with E-state index < -0.39 is 11.4 Å². The molecule has 0 amide bonds. The van der Waals surface area contributed by atoms with Crippen molar-refractivity contribution in [2.45, 2.75) is 44.8 Å². The predicted octanol–water partition coefficient (Wildman–Crippen LogP) is 1.61. The van der Waals surface area contributed by atoms with Crippen LogP contribution in [0, 0.1) is 11.3 Å². The highest BCUT2D eigenvalue weighted by molar-refractivity contribution is 5.75. The molecule has 116 valence electrons. The summed E-state index contributed by atoms with van der Waals surface area (Å²) in [4.78, 5) is 14.0. The Kier molecular flexibility index (Phi) is 5.04. The van der Waals surface area contributed by atoms with Crippen LogP contribution in [0.25, 0.3) is 0 Å². The van der Waals surface area contributed by atoms with E-state index in [2.05, 4.69) is 11.8 Å². The molecule has 5 heteroatoms. The average molecular weight is 285 g/mol. The fourth-order valence-electron chi connectivity index (χ4n) is 3.89. The van der Waals surface area contributed by atoms with Crippen LogP contribution in [0.1, 0.15) is 32.6 Å². The quantitative estimate of drug-likeness (QED) is 0.831. The molecule has 1 heterocycles. The van der Waals surface area contributed by atoms with Crippen LogP contribution >= 0.6 is 0 Å². The highest BCUT2D eigenvalue weighted by Crippen LogP contribution is 2.41. The first-order valence-corrected chi connectivity index (χ1v) is 7.52. The van der Waals surface area contributed by atoms with Gasteiger partial charge in [-0.05, 0) is 18.8 Å². The Morgan fingerprint density at radius 2 is 1.90 bits per heavy atom. The highest BCUT2D eigenvalue weighted by atomic mass is 16.5. The largest absolute Gasteiger partial charge is 0.481 e. The second-order valence-electron chi connectivity index (χ2n) is 6.53. The molecular weight excluding hydrogens is 258 g/mol. The van der Waals surface area contributed by atoms with Crippen molar-refractivity contribution < 1.29 is 19.4 Å². The monoisotopic (exact) mass is 285 g/mol. The first-order valence-electron chi connectivity index (χ1n) is 7.52. The van der Waals surface area contributed by atoms with Gasteiger partial charge >= 0.3 is 5.97 Å². The lowest BCUT2D eigenvalue weighted by Gasteiger charge is -2.39. The van der Waals surface area contributed by atoms with Gasteiger partial charge in [-0.3, -0.25) is 9.69 Å². The number of aliphatic carboxylic acids is 1. The minimum atomic E-state index is -0.640. The number of carboxylic acids is 1. The van der Waals surface area contributed by atoms with E-state index in [1.807, 2.05) is 0 Å². The average Bonchev–Trinajstić information content (AvgIpc) is 2.80. The molecule has 1 aliphatic carbocycles. The molecule has 2 fully saturated rings. The summed E-state index contributed by atoms with van der Waals surface area (Å²) in [5.74, 6) is -0.141. The fourth-order valence-corrected chi connectivity index (χ4v) is 3.89. The van der Waals surface area contributed by atoms with E-state index in [4.69, 9.17) is 9.47 Å². The molecule has 0 radical (unpaired) electrons. The Bertz CT molecular complexity index is 337. The number of rotatable bonds is 5. The summed E-state index contributed by atoms with van der Waals surface area (Å²) >= 11 is 0. The molecule has 1 aliphatic heterocycles. The summed E-state index contributed by atoms with van der Waals surface area (Å²) in [5, 5.41) is 9.72. The van der Waals surface area contributed by atoms with Gasteiger partial charge in [0.25, 0.3) is 0 Å². The zero-order chi connectivity index (χ0) is 14.8. The summed E-state index contributed by atoms with van der Waals surface area (Å²) in [6.07, 6.45) is 3.84. The number of ether oxygens (including phenoxy) is 2. The van der Waals surface area contributed by atoms with Gasteiger partial charge in [-0.1, -0.05) is 19.8 Å². The number of nitrogens with zero attached hydrogens (tertiary/aromatic N) is 1. The normalized spacial score (nSPS) is 39.0. The SMILES string of the molecule is COC1CN(CC2(C(=O)O)CCCC(C)C2)CC1OC. The lowest BCUT2D eigenvalue weighted by atomic mass is 9.69. The Hall–Kier alpha value is -0.650. The van der Waals surface area contributed by atoms with Crippen molar-refractivity contribution in [3.63, 3.8) is 0 Å². The van der Waals surface area contributed by atoms with Crippen LogP contribution in [0.4, 0.5) is 0 Å². The second kappa shape index (κ2) is 6.41. The molecule has 4 unspecified atom stereocenters. The van der Waals surface area contributed by atoms with Crippen molar-refractivity contribution in [2.75, 3.05) is 33.9 Å². The zero-order valence-corrected chi connectivity index (χ0v) is 12.8. The lowest BCUT2D eigenvalue weighted by molar-refractivity contribution is -0.153. The van der Waals surface area contributed by atoms with Crippen LogP contribution in [-0.4, -0.2) is 62.0 Å². The number of methoxy groups -OCH3 is 2. The standard InChI is InChI=1S/C15H27NO4/c1-11-5-4-6-15(7-11,14(17)18)10-16-8-12(19-2)13(9-16)20-3/h11-13H,4-10H2,1-3H3,(H,17,18). The maximum atomic E-state index is 11.8. The molecule has 0 aromatic rings. The lowest BCUT2D eigenvalue weighted by Crippen LogP contribution is -2.45. The summed E-state index contributed by atoms with van der Waals surface area (Å²) < 4.78 is 10.9. The van der Waals surface area contributed by atoms with Crippen molar-refractivity contribution >= 4 is 5.97 Å². The minimum absolute atomic E-state index is 0.0480. The molecule has 1 saturated carbocycles. The van der Waals surface area contributed by atoms with Crippen LogP contribution in [0.15, 0.2) is 0 Å². The van der Waals surface area contributed by atoms with Gasteiger partial charge in [0, 0.05) is 33.9 Å². The molecule has 5 nitrogen and oxygen atoms in total. The first-order chi connectivity index (χ1) is 9.50. The van der Waals surface area contributed by atoms with Gasteiger partial charge in [-0.15, -0.1) is 0 Å². The highest BCUT2D eigenvalue weighted by Gasteiger charge is 2.45. The molecule has 0 bridgehead atoms. The number of likely N-dealkylation sites (tertiary alicyclic amines) is 1. The van der Waals surface area contributed by atoms with Crippen LogP contribution in [0.5, 0.6) is 0 Å². The Balaban J connectivity index is 2.04. The third-order valence-corrected chi connectivity index (χ3v) is 4.97. The number of hydrogen-bond donors (Lipinski definition) is 1. The third kappa shape index (κ3) is 3.15. The van der Waals surface area contributed by atoms with E-state index in [0.717, 1.165) is 38.8 Å². The molecule has 4 atom stereocenters. The van der Waals surface area contributed by atoms with Gasteiger partial charge in [0.1, 0.15) is 0 Å². The van der Waals surface area contributed by atoms with Crippen molar-refractivity contribution in [1.82, 2.24) is 4.90 Å². The van der Waals surface area contributed by atoms with Gasteiger partial charge in [-0.2, -0.15) is 0 Å². The van der Waals surface area contributed by atoms with E-state index in [9.17, 15) is 9.90 Å². The molecule has 1 N–H and O–H groups in total. The Labute approximate surface area is 121 Å². The molecule has 0 aromatic carbocycles. The topological polar surface area (TPSA) is 59.0 Å². The number of carboxylic acid groups (broad SMARTS) is 1. The summed E-state index contributed by atoms with van der Waals surface area (Å²) in [5.41, 5.74) is -0.585. The van der Waals surface area contributed by atoms with E-state index in [1.54, 1.807) is 14.2 Å². The fraction of sp³-hybridized carbons (Fsp3) is 0.933. The van der Waals surface area contributed by atoms with Crippen molar-refractivity contribution in [3.05, 3.63) is 0 Å². The van der Waals surface area contributed by atoms with Crippen LogP contribution in [0.3, 0.4) is 0 Å². The van der Waals surface area contributed by atoms with Gasteiger partial charge in [0.05, 0.1) is 17.6 Å². The molecule has 20 heavy (non-hydrogen) atoms. The zero-order valence-electron chi connectivity index (χ0n) is 12.8. The van der Waals surface area contributed by atoms with Crippen LogP contribution in [0.2, 0.25) is 0 Å². The maximum Gasteiger partial charge on any atom is 0.310 e. The van der Waals surface area contributed by atoms with Gasteiger partial charge < -0.3 is 14.6 Å². The molecule has 2 aliphatic rings. The van der Waals surface area contributed by atoms with Crippen molar-refractivity contribution in [2.24, 2.45) is 11.3 Å². The van der Waals surface area contributed by atoms with Gasteiger partial charge in [-0.25, -0.2) is 0 Å². The third-order valence-electron chi connectivity index (χ3n) is 4.97. The Morgan fingerprint density at radius 1 is 1.30 bits per heavy atom. The van der Waals surface area contributed by atoms with Crippen molar-refractivity contribution in [1.29, 1.82) is 0 Å². The van der Waals surface area contributed by atoms with Crippen LogP contribution in [-0.2, 0) is 14.3 Å². The molecule has 0 spiro atoms. The van der Waals surface area contributed by atoms with E-state index in [1.165, 1.54) is 0 Å². The van der Waals surface area contributed by atoms with E-state index in [0.29, 0.717) is 12.5 Å². The van der Waals surface area contributed by atoms with Gasteiger partial charge in [0.2, 0.25) is 0 Å². The molecule has 1 saturated heterocycles. The van der Waals surface area contributed by atoms with Crippen LogP contribution < -0.4 is 0 Å². The molecule has 2 rings (SSSR count). The Morgan fingerprint density at radius 3 is 2.35 bits per heavy atom. The second-order valence-corrected chi connectivity index (χ2v) is 6.53. The predicted molar refractivity (Wildman–Crippen MR) is 75.7 cm³/mol.